The van der Waals surface area contributed by atoms with Crippen LogP contribution in [0.4, 0.5) is 0 Å². The zero-order valence-electron chi connectivity index (χ0n) is 23.7. The number of ketones is 1. The van der Waals surface area contributed by atoms with Gasteiger partial charge in [0, 0.05) is 32.6 Å². The van der Waals surface area contributed by atoms with Crippen LogP contribution in [0.2, 0.25) is 0 Å². The molecule has 0 unspecified atom stereocenters. The van der Waals surface area contributed by atoms with Crippen molar-refractivity contribution in [2.24, 2.45) is 11.8 Å². The smallest absolute Gasteiger partial charge is 0.243 e. The van der Waals surface area contributed by atoms with E-state index in [2.05, 4.69) is 16.7 Å². The van der Waals surface area contributed by atoms with Crippen LogP contribution in [-0.2, 0) is 14.8 Å². The maximum Gasteiger partial charge on any atom is 0.243 e. The Morgan fingerprint density at radius 3 is 2.22 bits per heavy atom. The molecule has 0 aromatic heterocycles. The highest BCUT2D eigenvalue weighted by Crippen LogP contribution is 2.30. The highest BCUT2D eigenvalue weighted by Gasteiger charge is 2.29. The summed E-state index contributed by atoms with van der Waals surface area (Å²) in [5.74, 6) is 2.57. The van der Waals surface area contributed by atoms with Crippen LogP contribution in [0.1, 0.15) is 70.8 Å². The van der Waals surface area contributed by atoms with Crippen LogP contribution in [0.15, 0.2) is 23.1 Å². The van der Waals surface area contributed by atoms with E-state index in [9.17, 15) is 13.2 Å². The van der Waals surface area contributed by atoms with E-state index in [0.717, 1.165) is 17.9 Å². The van der Waals surface area contributed by atoms with E-state index in [-0.39, 0.29) is 23.6 Å². The van der Waals surface area contributed by atoms with Crippen molar-refractivity contribution in [1.29, 1.82) is 0 Å². The zero-order valence-corrected chi connectivity index (χ0v) is 24.6. The molecular formula is C29H49N3O4S. The van der Waals surface area contributed by atoms with Crippen LogP contribution in [0.25, 0.3) is 0 Å². The Morgan fingerprint density at radius 2 is 1.70 bits per heavy atom. The molecule has 1 aliphatic carbocycles. The molecule has 2 aliphatic heterocycles. The van der Waals surface area contributed by atoms with E-state index < -0.39 is 10.0 Å². The number of aryl methyl sites for hydroxylation is 1. The number of likely N-dealkylation sites (tertiary alicyclic amines) is 2. The molecule has 1 saturated carbocycles. The summed E-state index contributed by atoms with van der Waals surface area (Å²) in [6.07, 6.45) is 10.5. The van der Waals surface area contributed by atoms with Gasteiger partial charge < -0.3 is 14.5 Å². The minimum absolute atomic E-state index is 0.0338. The van der Waals surface area contributed by atoms with Gasteiger partial charge >= 0.3 is 0 Å². The number of ether oxygens (including phenoxy) is 1. The van der Waals surface area contributed by atoms with Crippen LogP contribution in [0.3, 0.4) is 0 Å². The Balaban J connectivity index is 0.000000206. The third-order valence-corrected chi connectivity index (χ3v) is 10.5. The van der Waals surface area contributed by atoms with Gasteiger partial charge in [0.15, 0.2) is 0 Å². The average molecular weight is 536 g/mol. The Bertz CT molecular complexity index is 963. The predicted octanol–water partition coefficient (Wildman–Crippen LogP) is 4.59. The number of sulfonamides is 1. The number of nitrogens with zero attached hydrogens (tertiary/aromatic N) is 3. The maximum absolute atomic E-state index is 12.3. The summed E-state index contributed by atoms with van der Waals surface area (Å²) in [5.41, 5.74) is 0.619. The number of Topliss-reactive ketones (excluding diaryl/α,β-unsaturated/α-hetero) is 1. The molecule has 1 aromatic carbocycles. The van der Waals surface area contributed by atoms with E-state index >= 15 is 0 Å². The fraction of sp³-hybridized carbons (Fsp3) is 0.759. The van der Waals surface area contributed by atoms with Gasteiger partial charge in [0.2, 0.25) is 10.0 Å². The number of hydrogen-bond acceptors (Lipinski definition) is 6. The van der Waals surface area contributed by atoms with Crippen molar-refractivity contribution < 1.29 is 17.9 Å². The zero-order chi connectivity index (χ0) is 27.0. The second-order valence-corrected chi connectivity index (χ2v) is 13.5. The van der Waals surface area contributed by atoms with Crippen molar-refractivity contribution in [2.45, 2.75) is 83.1 Å². The first-order valence-electron chi connectivity index (χ1n) is 14.2. The molecule has 0 spiro atoms. The largest absolute Gasteiger partial charge is 0.497 e. The van der Waals surface area contributed by atoms with E-state index in [0.29, 0.717) is 11.3 Å². The summed E-state index contributed by atoms with van der Waals surface area (Å²) in [5, 5.41) is 0. The fourth-order valence-corrected chi connectivity index (χ4v) is 7.05. The molecule has 0 N–H and O–H groups in total. The SMILES string of the molecule is CC1CCC(N2CCC(CN3CCC3)CC2)CC1.COc1ccc(S(=O)(=O)N(C)CCC(C)=O)c(C)c1. The molecule has 7 nitrogen and oxygen atoms in total. The summed E-state index contributed by atoms with van der Waals surface area (Å²) in [4.78, 5) is 16.6. The fourth-order valence-electron chi connectivity index (χ4n) is 5.68. The lowest BCUT2D eigenvalue weighted by Gasteiger charge is -2.42. The molecule has 37 heavy (non-hydrogen) atoms. The number of rotatable bonds is 9. The van der Waals surface area contributed by atoms with Gasteiger partial charge in [-0.25, -0.2) is 12.7 Å². The molecule has 8 heteroatoms. The molecule has 4 rings (SSSR count). The van der Waals surface area contributed by atoms with Crippen LogP contribution in [-0.4, -0.2) is 87.8 Å². The topological polar surface area (TPSA) is 70.2 Å². The quantitative estimate of drug-likeness (QED) is 0.461. The lowest BCUT2D eigenvalue weighted by molar-refractivity contribution is -0.117. The van der Waals surface area contributed by atoms with E-state index in [4.69, 9.17) is 4.74 Å². The molecule has 2 heterocycles. The first kappa shape index (κ1) is 30.1. The number of methoxy groups -OCH3 is 1. The normalized spacial score (nSPS) is 23.7. The van der Waals surface area contributed by atoms with Crippen molar-refractivity contribution in [3.8, 4) is 5.75 Å². The average Bonchev–Trinajstić information content (AvgIpc) is 2.85. The van der Waals surface area contributed by atoms with Crippen molar-refractivity contribution >= 4 is 15.8 Å². The molecule has 0 amide bonds. The molecular weight excluding hydrogens is 486 g/mol. The van der Waals surface area contributed by atoms with Crippen LogP contribution >= 0.6 is 0 Å². The van der Waals surface area contributed by atoms with Gasteiger partial charge in [-0.2, -0.15) is 0 Å². The summed E-state index contributed by atoms with van der Waals surface area (Å²) >= 11 is 0. The molecule has 0 bridgehead atoms. The number of carbonyl (C=O) groups excluding carboxylic acids is 1. The maximum atomic E-state index is 12.3. The van der Waals surface area contributed by atoms with Gasteiger partial charge in [0.05, 0.1) is 12.0 Å². The molecule has 0 atom stereocenters. The van der Waals surface area contributed by atoms with Crippen molar-refractivity contribution in [2.75, 3.05) is 53.4 Å². The number of hydrogen-bond donors (Lipinski definition) is 0. The van der Waals surface area contributed by atoms with Gasteiger partial charge in [-0.1, -0.05) is 6.92 Å². The van der Waals surface area contributed by atoms with Crippen molar-refractivity contribution in [1.82, 2.24) is 14.1 Å². The Kier molecular flexibility index (Phi) is 11.4. The van der Waals surface area contributed by atoms with Crippen LogP contribution in [0, 0.1) is 18.8 Å². The first-order chi connectivity index (χ1) is 17.6. The highest BCUT2D eigenvalue weighted by atomic mass is 32.2. The third-order valence-electron chi connectivity index (χ3n) is 8.47. The lowest BCUT2D eigenvalue weighted by atomic mass is 9.85. The Hall–Kier alpha value is -1.48. The first-order valence-corrected chi connectivity index (χ1v) is 15.6. The highest BCUT2D eigenvalue weighted by molar-refractivity contribution is 7.89. The van der Waals surface area contributed by atoms with E-state index in [1.54, 1.807) is 19.1 Å². The molecule has 0 radical (unpaired) electrons. The lowest BCUT2D eigenvalue weighted by Crippen LogP contribution is -2.46. The van der Waals surface area contributed by atoms with E-state index in [1.165, 1.54) is 109 Å². The number of carbonyl (C=O) groups is 1. The van der Waals surface area contributed by atoms with Gasteiger partial charge in [-0.05, 0) is 121 Å². The summed E-state index contributed by atoms with van der Waals surface area (Å²) < 4.78 is 30.9. The standard InChI is InChI=1S/C16H30N2.C13H19NO4S/c1-14-3-5-16(6-4-14)18-11-7-15(8-12-18)13-17-9-2-10-17;1-10-9-12(18-4)5-6-13(10)19(16,17)14(3)8-7-11(2)15/h14-16H,2-13H2,1H3;5-6,9H,7-8H2,1-4H3. The third kappa shape index (κ3) is 8.77. The van der Waals surface area contributed by atoms with E-state index in [1.807, 2.05) is 0 Å². The van der Waals surface area contributed by atoms with Crippen molar-refractivity contribution in [3.63, 3.8) is 0 Å². The Morgan fingerprint density at radius 1 is 1.05 bits per heavy atom. The minimum atomic E-state index is -3.56. The van der Waals surface area contributed by atoms with Crippen LogP contribution < -0.4 is 4.74 Å². The van der Waals surface area contributed by atoms with Gasteiger partial charge in [0.25, 0.3) is 0 Å². The summed E-state index contributed by atoms with van der Waals surface area (Å²) in [6, 6.07) is 5.74. The molecule has 210 valence electrons. The molecule has 3 aliphatic rings. The van der Waals surface area contributed by atoms with Crippen LogP contribution in [0.5, 0.6) is 5.75 Å². The second kappa shape index (κ2) is 14.1. The van der Waals surface area contributed by atoms with Gasteiger partial charge in [-0.15, -0.1) is 0 Å². The number of piperidine rings is 1. The number of benzene rings is 1. The summed E-state index contributed by atoms with van der Waals surface area (Å²) in [6.45, 7) is 12.7. The predicted molar refractivity (Wildman–Crippen MR) is 150 cm³/mol. The van der Waals surface area contributed by atoms with Gasteiger partial charge in [-0.3, -0.25) is 4.79 Å². The molecule has 2 saturated heterocycles. The Labute approximate surface area is 225 Å². The summed E-state index contributed by atoms with van der Waals surface area (Å²) in [7, 11) is -0.561. The second-order valence-electron chi connectivity index (χ2n) is 11.5. The van der Waals surface area contributed by atoms with Gasteiger partial charge in [0.1, 0.15) is 11.5 Å². The molecule has 3 fully saturated rings. The minimum Gasteiger partial charge on any atom is -0.497 e. The molecule has 1 aromatic rings. The monoisotopic (exact) mass is 535 g/mol. The van der Waals surface area contributed by atoms with Crippen molar-refractivity contribution in [3.05, 3.63) is 23.8 Å².